The molecule has 44 valence electrons. The normalized spacial score (nSPS) is 23.8. The summed E-state index contributed by atoms with van der Waals surface area (Å²) < 4.78 is 24.0. The van der Waals surface area contributed by atoms with Gasteiger partial charge in [-0.1, -0.05) is 6.08 Å². The molecule has 0 amide bonds. The minimum atomic E-state index is -2.02. The molecule has 1 aliphatic rings. The molecule has 0 bridgehead atoms. The van der Waals surface area contributed by atoms with Crippen LogP contribution in [0.3, 0.4) is 0 Å². The molecule has 0 aromatic heterocycles. The summed E-state index contributed by atoms with van der Waals surface area (Å²) in [4.78, 5) is -2.02. The Hall–Kier alpha value is -0.700. The van der Waals surface area contributed by atoms with Crippen LogP contribution in [0.15, 0.2) is 24.4 Å². The van der Waals surface area contributed by atoms with Gasteiger partial charge in [0.25, 0.3) is 0 Å². The minimum Gasteiger partial charge on any atom is -0.0549 e. The minimum absolute atomic E-state index is 0.212. The van der Waals surface area contributed by atoms with Gasteiger partial charge >= 0.3 is 0 Å². The van der Waals surface area contributed by atoms with Gasteiger partial charge in [-0.3, -0.25) is 0 Å². The zero-order valence-corrected chi connectivity index (χ0v) is 4.22. The molecule has 0 saturated carbocycles. The summed E-state index contributed by atoms with van der Waals surface area (Å²) in [5.41, 5.74) is 0. The molecule has 0 aliphatic carbocycles. The average Bonchev–Trinajstić information content (AvgIpc) is 1.65. The summed E-state index contributed by atoms with van der Waals surface area (Å²) >= 11 is 0. The van der Waals surface area contributed by atoms with Crippen LogP contribution in [0.4, 0.5) is 8.96 Å². The van der Waals surface area contributed by atoms with Crippen LogP contribution in [-0.2, 0) is 0 Å². The van der Waals surface area contributed by atoms with Crippen molar-refractivity contribution in [3.63, 3.8) is 0 Å². The van der Waals surface area contributed by atoms with Crippen molar-refractivity contribution in [1.82, 2.24) is 0 Å². The lowest BCUT2D eigenvalue weighted by Gasteiger charge is -2.06. The Labute approximate surface area is 46.0 Å². The predicted octanol–water partition coefficient (Wildman–Crippen LogP) is 1.66. The van der Waals surface area contributed by atoms with Crippen LogP contribution >= 0.6 is 0 Å². The summed E-state index contributed by atoms with van der Waals surface area (Å²) in [5, 5.41) is 0. The maximum Gasteiger partial charge on any atom is 0.179 e. The zero-order chi connectivity index (χ0) is 6.04. The maximum absolute atomic E-state index is 12.0. The first-order valence-corrected chi connectivity index (χ1v) is 2.32. The van der Waals surface area contributed by atoms with Crippen LogP contribution in [0.5, 0.6) is 0 Å². The first-order valence-electron chi connectivity index (χ1n) is 2.32. The van der Waals surface area contributed by atoms with Crippen LogP contribution in [-0.4, -0.2) is 11.5 Å². The Morgan fingerprint density at radius 1 is 1.25 bits per heavy atom. The fourth-order valence-corrected chi connectivity index (χ4v) is 0.516. The monoisotopic (exact) mass is 118 g/mol. The van der Waals surface area contributed by atoms with E-state index in [2.05, 4.69) is 0 Å². The van der Waals surface area contributed by atoms with E-state index in [1.54, 1.807) is 6.08 Å². The predicted molar refractivity (Wildman–Crippen MR) is 25.6 cm³/mol. The number of halogens is 2. The molecule has 0 fully saturated rings. The van der Waals surface area contributed by atoms with E-state index in [1.165, 1.54) is 12.2 Å². The maximum atomic E-state index is 12.0. The van der Waals surface area contributed by atoms with Crippen LogP contribution in [0.1, 0.15) is 0 Å². The number of hydrogen-bond acceptors (Lipinski definition) is 0. The van der Waals surface area contributed by atoms with Crippen molar-refractivity contribution in [3.05, 3.63) is 24.4 Å². The fraction of sp³-hybridized carbons (Fsp3) is 0.200. The van der Waals surface area contributed by atoms with E-state index in [4.69, 9.17) is 0 Å². The molecular weight excluding hydrogens is 112 g/mol. The molecule has 8 heavy (non-hydrogen) atoms. The van der Waals surface area contributed by atoms with Gasteiger partial charge in [-0.25, -0.2) is 0 Å². The van der Waals surface area contributed by atoms with Crippen molar-refractivity contribution in [2.45, 2.75) is 0 Å². The summed E-state index contributed by atoms with van der Waals surface area (Å²) in [6.45, 7) is -0.212. The van der Waals surface area contributed by atoms with Crippen LogP contribution in [0.2, 0.25) is 0 Å². The van der Waals surface area contributed by atoms with Gasteiger partial charge in [0.2, 0.25) is 0 Å². The molecular formula is C5H6F2N+. The van der Waals surface area contributed by atoms with Crippen molar-refractivity contribution in [2.24, 2.45) is 0 Å². The largest absolute Gasteiger partial charge is 0.179 e. The Morgan fingerprint density at radius 2 is 2.00 bits per heavy atom. The molecule has 0 aromatic rings. The highest BCUT2D eigenvalue weighted by Gasteiger charge is 2.25. The Bertz CT molecular complexity index is 137. The summed E-state index contributed by atoms with van der Waals surface area (Å²) in [5.74, 6) is 0. The Morgan fingerprint density at radius 3 is 2.25 bits per heavy atom. The molecule has 0 radical (unpaired) electrons. The number of allylic oxidation sites excluding steroid dienone is 2. The van der Waals surface area contributed by atoms with Gasteiger partial charge in [0.05, 0.1) is 4.93 Å². The van der Waals surface area contributed by atoms with E-state index in [0.717, 1.165) is 6.20 Å². The van der Waals surface area contributed by atoms with Crippen molar-refractivity contribution >= 4 is 0 Å². The third kappa shape index (κ3) is 1.13. The van der Waals surface area contributed by atoms with Crippen LogP contribution in [0.25, 0.3) is 0 Å². The highest BCUT2D eigenvalue weighted by molar-refractivity contribution is 5.02. The number of hydrogen-bond donors (Lipinski definition) is 0. The lowest BCUT2D eigenvalue weighted by atomic mass is 10.4. The molecule has 0 N–H and O–H groups in total. The topological polar surface area (TPSA) is 0 Å². The average molecular weight is 118 g/mol. The molecule has 0 atom stereocenters. The second-order valence-corrected chi connectivity index (χ2v) is 1.63. The SMILES string of the molecule is F[N+]1(F)C=CC=CC1. The fourth-order valence-electron chi connectivity index (χ4n) is 0.516. The van der Waals surface area contributed by atoms with Crippen LogP contribution < -0.4 is 0 Å². The first-order chi connectivity index (χ1) is 3.71. The molecule has 1 heterocycles. The molecule has 0 aromatic carbocycles. The van der Waals surface area contributed by atoms with Gasteiger partial charge in [0.15, 0.2) is 12.7 Å². The van der Waals surface area contributed by atoms with E-state index in [1.807, 2.05) is 0 Å². The van der Waals surface area contributed by atoms with E-state index in [-0.39, 0.29) is 6.54 Å². The highest BCUT2D eigenvalue weighted by atomic mass is 19.4. The lowest BCUT2D eigenvalue weighted by molar-refractivity contribution is -1.13. The van der Waals surface area contributed by atoms with E-state index in [0.29, 0.717) is 0 Å². The molecule has 1 rings (SSSR count). The molecule has 0 saturated heterocycles. The second kappa shape index (κ2) is 1.67. The van der Waals surface area contributed by atoms with Gasteiger partial charge in [-0.2, -0.15) is 0 Å². The lowest BCUT2D eigenvalue weighted by Crippen LogP contribution is -2.23. The van der Waals surface area contributed by atoms with E-state index < -0.39 is 4.93 Å². The third-order valence-electron chi connectivity index (χ3n) is 0.900. The molecule has 1 aliphatic heterocycles. The van der Waals surface area contributed by atoms with Gasteiger partial charge in [0.1, 0.15) is 0 Å². The van der Waals surface area contributed by atoms with Gasteiger partial charge < -0.3 is 0 Å². The standard InChI is InChI=1S/C5H6F2N/c6-8(7)4-2-1-3-5-8/h1-4H,5H2/q+1. The van der Waals surface area contributed by atoms with E-state index >= 15 is 0 Å². The molecule has 0 spiro atoms. The number of quaternary nitrogens is 1. The summed E-state index contributed by atoms with van der Waals surface area (Å²) in [6, 6.07) is 0. The van der Waals surface area contributed by atoms with Crippen LogP contribution in [0, 0.1) is 0 Å². The van der Waals surface area contributed by atoms with Gasteiger partial charge in [0, 0.05) is 8.96 Å². The van der Waals surface area contributed by atoms with Gasteiger partial charge in [-0.05, 0) is 12.2 Å². The quantitative estimate of drug-likeness (QED) is 0.424. The molecule has 1 nitrogen and oxygen atoms in total. The van der Waals surface area contributed by atoms with Gasteiger partial charge in [-0.15, -0.1) is 0 Å². The highest BCUT2D eigenvalue weighted by Crippen LogP contribution is 2.13. The smallest absolute Gasteiger partial charge is 0.0549 e. The molecule has 0 unspecified atom stereocenters. The first kappa shape index (κ1) is 5.44. The number of nitrogens with zero attached hydrogens (tertiary/aromatic N) is 1. The summed E-state index contributed by atoms with van der Waals surface area (Å²) in [7, 11) is 0. The Balaban J connectivity index is 2.65. The second-order valence-electron chi connectivity index (χ2n) is 1.63. The van der Waals surface area contributed by atoms with Crippen molar-refractivity contribution in [2.75, 3.05) is 6.54 Å². The van der Waals surface area contributed by atoms with Crippen molar-refractivity contribution < 1.29 is 13.9 Å². The van der Waals surface area contributed by atoms with E-state index in [9.17, 15) is 8.96 Å². The third-order valence-corrected chi connectivity index (χ3v) is 0.900. The Kier molecular flexibility index (Phi) is 1.13. The summed E-state index contributed by atoms with van der Waals surface area (Å²) in [6.07, 6.45) is 5.22. The zero-order valence-electron chi connectivity index (χ0n) is 4.22. The molecule has 3 heteroatoms. The van der Waals surface area contributed by atoms with Crippen molar-refractivity contribution in [3.8, 4) is 0 Å². The van der Waals surface area contributed by atoms with Crippen molar-refractivity contribution in [1.29, 1.82) is 0 Å². The number of rotatable bonds is 0.